The molecule has 0 aliphatic heterocycles. The lowest BCUT2D eigenvalue weighted by Gasteiger charge is -2.08. The van der Waals surface area contributed by atoms with Crippen LogP contribution in [0.2, 0.25) is 0 Å². The lowest BCUT2D eigenvalue weighted by Crippen LogP contribution is -2.11. The fraction of sp³-hybridized carbons (Fsp3) is 0.231. The Morgan fingerprint density at radius 1 is 1.43 bits per heavy atom. The first-order valence-electron chi connectivity index (χ1n) is 6.08. The van der Waals surface area contributed by atoms with Gasteiger partial charge in [0.15, 0.2) is 0 Å². The Balaban J connectivity index is 2.19. The maximum Gasteiger partial charge on any atom is 0.150 e. The third kappa shape index (κ3) is 3.73. The van der Waals surface area contributed by atoms with Gasteiger partial charge in [0.2, 0.25) is 0 Å². The highest BCUT2D eigenvalue weighted by Gasteiger charge is 2.13. The molecule has 2 rings (SSSR count). The number of aromatic nitrogens is 2. The fourth-order valence-corrected chi connectivity index (χ4v) is 1.83. The molecule has 1 aromatic heterocycles. The number of anilines is 2. The number of nitrogens with zero attached hydrogens (tertiary/aromatic N) is 2. The van der Waals surface area contributed by atoms with E-state index in [1.807, 2.05) is 0 Å². The monoisotopic (exact) mass is 312 g/mol. The number of ether oxygens (including phenoxy) is 1. The molecule has 21 heavy (non-hydrogen) atoms. The van der Waals surface area contributed by atoms with E-state index in [1.165, 1.54) is 6.20 Å². The summed E-state index contributed by atoms with van der Waals surface area (Å²) in [4.78, 5) is -0.0632. The van der Waals surface area contributed by atoms with Gasteiger partial charge in [-0.25, -0.2) is 8.78 Å². The summed E-state index contributed by atoms with van der Waals surface area (Å²) in [6.07, 6.45) is 3.09. The first-order chi connectivity index (χ1) is 10.0. The van der Waals surface area contributed by atoms with Crippen molar-refractivity contribution in [1.82, 2.24) is 9.78 Å². The van der Waals surface area contributed by atoms with Crippen molar-refractivity contribution in [3.8, 4) is 0 Å². The van der Waals surface area contributed by atoms with Crippen LogP contribution in [-0.4, -0.2) is 28.5 Å². The van der Waals surface area contributed by atoms with Gasteiger partial charge in [0.25, 0.3) is 0 Å². The highest BCUT2D eigenvalue weighted by molar-refractivity contribution is 7.80. The third-order valence-electron chi connectivity index (χ3n) is 2.75. The van der Waals surface area contributed by atoms with Crippen LogP contribution in [0, 0.1) is 11.6 Å². The van der Waals surface area contributed by atoms with E-state index in [2.05, 4.69) is 10.4 Å². The zero-order valence-corrected chi connectivity index (χ0v) is 12.1. The van der Waals surface area contributed by atoms with Crippen LogP contribution < -0.4 is 11.1 Å². The minimum atomic E-state index is -0.776. The van der Waals surface area contributed by atoms with Crippen molar-refractivity contribution < 1.29 is 13.5 Å². The maximum atomic E-state index is 13.9. The molecule has 0 bridgehead atoms. The quantitative estimate of drug-likeness (QED) is 0.801. The van der Waals surface area contributed by atoms with Crippen LogP contribution in [0.25, 0.3) is 0 Å². The van der Waals surface area contributed by atoms with E-state index in [9.17, 15) is 8.78 Å². The van der Waals surface area contributed by atoms with Crippen LogP contribution in [-0.2, 0) is 11.3 Å². The van der Waals surface area contributed by atoms with Gasteiger partial charge in [-0.1, -0.05) is 12.2 Å². The summed E-state index contributed by atoms with van der Waals surface area (Å²) in [7, 11) is 1.58. The summed E-state index contributed by atoms with van der Waals surface area (Å²) < 4.78 is 34.3. The molecule has 2 aromatic rings. The molecule has 3 N–H and O–H groups in total. The number of nitrogens with two attached hydrogens (primary N) is 1. The predicted molar refractivity (Wildman–Crippen MR) is 79.6 cm³/mol. The number of rotatable bonds is 6. The van der Waals surface area contributed by atoms with E-state index in [0.29, 0.717) is 18.8 Å². The zero-order valence-electron chi connectivity index (χ0n) is 11.3. The van der Waals surface area contributed by atoms with Crippen LogP contribution in [0.3, 0.4) is 0 Å². The molecule has 0 atom stereocenters. The third-order valence-corrected chi connectivity index (χ3v) is 2.99. The lowest BCUT2D eigenvalue weighted by molar-refractivity contribution is 0.183. The predicted octanol–water partition coefficient (Wildman–Crippen LogP) is 2.19. The Kier molecular flexibility index (Phi) is 4.81. The summed E-state index contributed by atoms with van der Waals surface area (Å²) in [6.45, 7) is 1.04. The second kappa shape index (κ2) is 6.59. The van der Waals surface area contributed by atoms with Crippen LogP contribution in [0.1, 0.15) is 5.56 Å². The van der Waals surface area contributed by atoms with Crippen molar-refractivity contribution in [2.45, 2.75) is 6.54 Å². The Morgan fingerprint density at radius 2 is 2.10 bits per heavy atom. The van der Waals surface area contributed by atoms with Crippen LogP contribution in [0.15, 0.2) is 24.5 Å². The molecule has 0 aliphatic carbocycles. The van der Waals surface area contributed by atoms with Crippen LogP contribution in [0.4, 0.5) is 20.2 Å². The molecule has 0 fully saturated rings. The van der Waals surface area contributed by atoms with Crippen LogP contribution >= 0.6 is 12.2 Å². The van der Waals surface area contributed by atoms with Gasteiger partial charge >= 0.3 is 0 Å². The molecule has 5 nitrogen and oxygen atoms in total. The molecule has 0 radical (unpaired) electrons. The molecule has 0 unspecified atom stereocenters. The molecule has 0 spiro atoms. The lowest BCUT2D eigenvalue weighted by atomic mass is 10.2. The topological polar surface area (TPSA) is 65.1 Å². The van der Waals surface area contributed by atoms with Crippen molar-refractivity contribution in [2.24, 2.45) is 5.73 Å². The summed E-state index contributed by atoms with van der Waals surface area (Å²) in [5.74, 6) is -1.55. The molecule has 8 heteroatoms. The standard InChI is InChI=1S/C13H14F2N4OS/c1-20-3-2-19-7-9(6-17-19)18-12-10(14)4-8(13(16)21)5-11(12)15/h4-7,18H,2-3H2,1H3,(H2,16,21). The van der Waals surface area contributed by atoms with Gasteiger partial charge in [0.1, 0.15) is 22.3 Å². The van der Waals surface area contributed by atoms with Gasteiger partial charge in [-0.2, -0.15) is 5.10 Å². The Hall–Kier alpha value is -2.06. The van der Waals surface area contributed by atoms with E-state index in [4.69, 9.17) is 22.7 Å². The first kappa shape index (κ1) is 15.3. The Morgan fingerprint density at radius 3 is 2.67 bits per heavy atom. The van der Waals surface area contributed by atoms with Gasteiger partial charge in [-0.3, -0.25) is 4.68 Å². The SMILES string of the molecule is COCCn1cc(Nc2c(F)cc(C(N)=S)cc2F)cn1. The molecule has 0 aliphatic rings. The van der Waals surface area contributed by atoms with Crippen LogP contribution in [0.5, 0.6) is 0 Å². The number of halogens is 2. The van der Waals surface area contributed by atoms with E-state index in [-0.39, 0.29) is 16.2 Å². The number of benzene rings is 1. The molecular formula is C13H14F2N4OS. The first-order valence-corrected chi connectivity index (χ1v) is 6.49. The largest absolute Gasteiger partial charge is 0.389 e. The minimum absolute atomic E-state index is 0.0632. The van der Waals surface area contributed by atoms with E-state index in [1.54, 1.807) is 18.0 Å². The summed E-state index contributed by atoms with van der Waals surface area (Å²) in [5.41, 5.74) is 5.68. The fourth-order valence-electron chi connectivity index (χ4n) is 1.71. The van der Waals surface area contributed by atoms with Gasteiger partial charge in [-0.15, -0.1) is 0 Å². The van der Waals surface area contributed by atoms with Gasteiger partial charge in [-0.05, 0) is 12.1 Å². The molecule has 0 amide bonds. The molecule has 1 aromatic carbocycles. The second-order valence-corrected chi connectivity index (χ2v) is 4.73. The van der Waals surface area contributed by atoms with Crippen molar-refractivity contribution in [1.29, 1.82) is 0 Å². The van der Waals surface area contributed by atoms with Crippen molar-refractivity contribution in [2.75, 3.05) is 19.0 Å². The summed E-state index contributed by atoms with van der Waals surface area (Å²) in [6, 6.07) is 2.17. The number of hydrogen-bond acceptors (Lipinski definition) is 4. The number of nitrogens with one attached hydrogen (secondary N) is 1. The Labute approximate surface area is 125 Å². The van der Waals surface area contributed by atoms with Gasteiger partial charge in [0.05, 0.1) is 25.0 Å². The average Bonchev–Trinajstić information content (AvgIpc) is 2.88. The highest BCUT2D eigenvalue weighted by atomic mass is 32.1. The summed E-state index contributed by atoms with van der Waals surface area (Å²) in [5, 5.41) is 6.69. The maximum absolute atomic E-state index is 13.9. The highest BCUT2D eigenvalue weighted by Crippen LogP contribution is 2.24. The van der Waals surface area contributed by atoms with Crippen molar-refractivity contribution >= 4 is 28.6 Å². The summed E-state index contributed by atoms with van der Waals surface area (Å²) >= 11 is 4.70. The molecule has 112 valence electrons. The van der Waals surface area contributed by atoms with Crippen molar-refractivity contribution in [3.63, 3.8) is 0 Å². The molecule has 1 heterocycles. The molecular weight excluding hydrogens is 298 g/mol. The number of thiocarbonyl (C=S) groups is 1. The number of hydrogen-bond donors (Lipinski definition) is 2. The average molecular weight is 312 g/mol. The smallest absolute Gasteiger partial charge is 0.150 e. The zero-order chi connectivity index (χ0) is 15.4. The second-order valence-electron chi connectivity index (χ2n) is 4.29. The minimum Gasteiger partial charge on any atom is -0.389 e. The van der Waals surface area contributed by atoms with Gasteiger partial charge in [0, 0.05) is 18.9 Å². The molecule has 0 saturated carbocycles. The Bertz CT molecular complexity index is 636. The van der Waals surface area contributed by atoms with Crippen molar-refractivity contribution in [3.05, 3.63) is 41.7 Å². The number of methoxy groups -OCH3 is 1. The van der Waals surface area contributed by atoms with E-state index >= 15 is 0 Å². The van der Waals surface area contributed by atoms with Gasteiger partial charge < -0.3 is 15.8 Å². The van der Waals surface area contributed by atoms with E-state index < -0.39 is 11.6 Å². The van der Waals surface area contributed by atoms with E-state index in [0.717, 1.165) is 12.1 Å². The molecule has 0 saturated heterocycles. The normalized spacial score (nSPS) is 10.6.